The van der Waals surface area contributed by atoms with E-state index in [0.29, 0.717) is 18.9 Å². The summed E-state index contributed by atoms with van der Waals surface area (Å²) in [5.74, 6) is 1.57. The van der Waals surface area contributed by atoms with Crippen molar-refractivity contribution in [1.29, 1.82) is 0 Å². The molecule has 6 heteroatoms. The number of amides is 1. The molecule has 1 aromatic carbocycles. The first kappa shape index (κ1) is 16.5. The van der Waals surface area contributed by atoms with Crippen LogP contribution in [0, 0.1) is 0 Å². The summed E-state index contributed by atoms with van der Waals surface area (Å²) in [4.78, 5) is 23.5. The number of carbonyl (C=O) groups is 1. The lowest BCUT2D eigenvalue weighted by molar-refractivity contribution is 0.0586. The van der Waals surface area contributed by atoms with Gasteiger partial charge < -0.3 is 14.4 Å². The van der Waals surface area contributed by atoms with Gasteiger partial charge in [0.25, 0.3) is 5.91 Å². The van der Waals surface area contributed by atoms with Gasteiger partial charge in [-0.15, -0.1) is 0 Å². The molecular weight excluding hydrogens is 342 g/mol. The van der Waals surface area contributed by atoms with Crippen molar-refractivity contribution >= 4 is 5.91 Å². The van der Waals surface area contributed by atoms with E-state index in [2.05, 4.69) is 29.0 Å². The highest BCUT2D eigenvalue weighted by Crippen LogP contribution is 2.52. The molecule has 0 radical (unpaired) electrons. The zero-order chi connectivity index (χ0) is 18.4. The van der Waals surface area contributed by atoms with Crippen molar-refractivity contribution in [2.24, 2.45) is 0 Å². The molecule has 27 heavy (non-hydrogen) atoms. The Morgan fingerprint density at radius 1 is 1.15 bits per heavy atom. The third kappa shape index (κ3) is 2.58. The van der Waals surface area contributed by atoms with E-state index < -0.39 is 0 Å². The number of nitrogens with zero attached hydrogens (tertiary/aromatic N) is 3. The second-order valence-corrected chi connectivity index (χ2v) is 7.77. The van der Waals surface area contributed by atoms with Gasteiger partial charge >= 0.3 is 0 Å². The average molecular weight is 365 g/mol. The van der Waals surface area contributed by atoms with Gasteiger partial charge in [-0.05, 0) is 43.0 Å². The van der Waals surface area contributed by atoms with E-state index in [1.807, 2.05) is 4.90 Å². The minimum Gasteiger partial charge on any atom is -0.486 e. The third-order valence-corrected chi connectivity index (χ3v) is 6.28. The molecule has 0 N–H and O–H groups in total. The van der Waals surface area contributed by atoms with Gasteiger partial charge in [0, 0.05) is 24.4 Å². The maximum Gasteiger partial charge on any atom is 0.274 e. The van der Waals surface area contributed by atoms with E-state index in [9.17, 15) is 4.79 Å². The van der Waals surface area contributed by atoms with Crippen LogP contribution in [0.3, 0.4) is 0 Å². The minimum absolute atomic E-state index is 0.00442. The fourth-order valence-corrected chi connectivity index (χ4v) is 4.91. The highest BCUT2D eigenvalue weighted by molar-refractivity contribution is 5.92. The first-order valence-electron chi connectivity index (χ1n) is 9.69. The third-order valence-electron chi connectivity index (χ3n) is 6.28. The normalized spacial score (nSPS) is 22.6. The van der Waals surface area contributed by atoms with E-state index in [1.54, 1.807) is 18.6 Å². The van der Waals surface area contributed by atoms with Crippen LogP contribution in [0.2, 0.25) is 0 Å². The lowest BCUT2D eigenvalue weighted by Gasteiger charge is -2.46. The molecule has 1 spiro atoms. The summed E-state index contributed by atoms with van der Waals surface area (Å²) in [5.41, 5.74) is 2.90. The lowest BCUT2D eigenvalue weighted by atomic mass is 9.71. The molecule has 1 amide bonds. The molecule has 5 rings (SSSR count). The quantitative estimate of drug-likeness (QED) is 0.776. The summed E-state index contributed by atoms with van der Waals surface area (Å²) in [6.07, 6.45) is 9.28. The number of hydrogen-bond acceptors (Lipinski definition) is 5. The number of rotatable bonds is 1. The van der Waals surface area contributed by atoms with E-state index in [-0.39, 0.29) is 17.4 Å². The Labute approximate surface area is 158 Å². The maximum atomic E-state index is 13.2. The van der Waals surface area contributed by atoms with E-state index in [4.69, 9.17) is 9.47 Å². The van der Waals surface area contributed by atoms with Crippen molar-refractivity contribution in [2.45, 2.75) is 44.1 Å². The molecule has 1 atom stereocenters. The van der Waals surface area contributed by atoms with Gasteiger partial charge in [-0.1, -0.05) is 12.8 Å². The van der Waals surface area contributed by atoms with Crippen LogP contribution < -0.4 is 9.47 Å². The number of ether oxygens (including phenoxy) is 2. The Hall–Kier alpha value is -2.63. The van der Waals surface area contributed by atoms with Crippen LogP contribution in [0.25, 0.3) is 0 Å². The van der Waals surface area contributed by atoms with E-state index in [0.717, 1.165) is 30.9 Å². The van der Waals surface area contributed by atoms with Gasteiger partial charge in [0.15, 0.2) is 11.5 Å². The van der Waals surface area contributed by atoms with Gasteiger partial charge in [0.2, 0.25) is 0 Å². The highest BCUT2D eigenvalue weighted by atomic mass is 16.6. The molecule has 3 aliphatic rings. The number of carbonyl (C=O) groups excluding carboxylic acids is 1. The van der Waals surface area contributed by atoms with Gasteiger partial charge in [-0.2, -0.15) is 0 Å². The van der Waals surface area contributed by atoms with Gasteiger partial charge in [-0.25, -0.2) is 4.98 Å². The SMILES string of the molecule is CC1c2cc3c(cc2C2(CCCC2)CN1C(=O)c1cnccn1)OCCO3. The first-order chi connectivity index (χ1) is 13.2. The van der Waals surface area contributed by atoms with Gasteiger partial charge in [0.05, 0.1) is 12.2 Å². The Morgan fingerprint density at radius 2 is 1.89 bits per heavy atom. The number of hydrogen-bond donors (Lipinski definition) is 0. The molecule has 6 nitrogen and oxygen atoms in total. The summed E-state index contributed by atoms with van der Waals surface area (Å²) in [7, 11) is 0. The Balaban J connectivity index is 1.61. The average Bonchev–Trinajstić information content (AvgIpc) is 3.19. The summed E-state index contributed by atoms with van der Waals surface area (Å²) in [6, 6.07) is 4.22. The largest absolute Gasteiger partial charge is 0.486 e. The van der Waals surface area contributed by atoms with E-state index in [1.165, 1.54) is 24.0 Å². The molecule has 0 bridgehead atoms. The van der Waals surface area contributed by atoms with Gasteiger partial charge in [-0.3, -0.25) is 9.78 Å². The lowest BCUT2D eigenvalue weighted by Crippen LogP contribution is -2.49. The van der Waals surface area contributed by atoms with Crippen LogP contribution in [-0.4, -0.2) is 40.5 Å². The Kier molecular flexibility index (Phi) is 3.81. The topological polar surface area (TPSA) is 64.6 Å². The van der Waals surface area contributed by atoms with E-state index >= 15 is 0 Å². The molecular formula is C21H23N3O3. The Bertz CT molecular complexity index is 878. The molecule has 2 aliphatic heterocycles. The van der Waals surface area contributed by atoms with Crippen LogP contribution in [0.4, 0.5) is 0 Å². The molecule has 2 aromatic rings. The molecule has 1 saturated carbocycles. The van der Waals surface area contributed by atoms with Crippen LogP contribution >= 0.6 is 0 Å². The predicted octanol–water partition coefficient (Wildman–Crippen LogP) is 3.28. The van der Waals surface area contributed by atoms with Crippen molar-refractivity contribution in [2.75, 3.05) is 19.8 Å². The molecule has 140 valence electrons. The smallest absolute Gasteiger partial charge is 0.274 e. The van der Waals surface area contributed by atoms with Crippen molar-refractivity contribution in [1.82, 2.24) is 14.9 Å². The second-order valence-electron chi connectivity index (χ2n) is 7.77. The van der Waals surface area contributed by atoms with Crippen molar-refractivity contribution in [3.8, 4) is 11.5 Å². The summed E-state index contributed by atoms with van der Waals surface area (Å²) >= 11 is 0. The van der Waals surface area contributed by atoms with Gasteiger partial charge in [0.1, 0.15) is 18.9 Å². The van der Waals surface area contributed by atoms with Crippen LogP contribution in [0.5, 0.6) is 11.5 Å². The molecule has 1 unspecified atom stereocenters. The van der Waals surface area contributed by atoms with Crippen LogP contribution in [0.15, 0.2) is 30.7 Å². The standard InChI is InChI=1S/C21H23N3O3/c1-14-15-10-18-19(27-9-8-26-18)11-16(15)21(4-2-3-5-21)13-24(14)20(25)17-12-22-6-7-23-17/h6-7,10-12,14H,2-5,8-9,13H2,1H3. The highest BCUT2D eigenvalue weighted by Gasteiger charge is 2.46. The fourth-order valence-electron chi connectivity index (χ4n) is 4.91. The first-order valence-corrected chi connectivity index (χ1v) is 9.69. The van der Waals surface area contributed by atoms with Crippen molar-refractivity contribution in [3.05, 3.63) is 47.5 Å². The molecule has 1 fully saturated rings. The van der Waals surface area contributed by atoms with Crippen molar-refractivity contribution < 1.29 is 14.3 Å². The van der Waals surface area contributed by atoms with Crippen molar-refractivity contribution in [3.63, 3.8) is 0 Å². The number of fused-ring (bicyclic) bond motifs is 3. The summed E-state index contributed by atoms with van der Waals surface area (Å²) in [5, 5.41) is 0. The Morgan fingerprint density at radius 3 is 2.59 bits per heavy atom. The fraction of sp³-hybridized carbons (Fsp3) is 0.476. The maximum absolute atomic E-state index is 13.2. The molecule has 1 aliphatic carbocycles. The molecule has 0 saturated heterocycles. The number of benzene rings is 1. The summed E-state index contributed by atoms with van der Waals surface area (Å²) < 4.78 is 11.7. The molecule has 3 heterocycles. The zero-order valence-electron chi connectivity index (χ0n) is 15.5. The van der Waals surface area contributed by atoms with Crippen LogP contribution in [0.1, 0.15) is 60.3 Å². The van der Waals surface area contributed by atoms with Crippen LogP contribution in [-0.2, 0) is 5.41 Å². The minimum atomic E-state index is -0.0533. The summed E-state index contributed by atoms with van der Waals surface area (Å²) in [6.45, 7) is 3.96. The molecule has 1 aromatic heterocycles. The second kappa shape index (κ2) is 6.22. The zero-order valence-corrected chi connectivity index (χ0v) is 15.5. The predicted molar refractivity (Wildman–Crippen MR) is 99.1 cm³/mol. The number of aromatic nitrogens is 2. The monoisotopic (exact) mass is 365 g/mol.